The number of hydrogen-bond donors (Lipinski definition) is 0. The van der Waals surface area contributed by atoms with Crippen molar-refractivity contribution in [3.8, 4) is 0 Å². The fourth-order valence-electron chi connectivity index (χ4n) is 0.609. The molecule has 0 nitrogen and oxygen atoms in total. The van der Waals surface area contributed by atoms with Crippen LogP contribution in [0.1, 0.15) is 33.1 Å². The number of hydrogen-bond acceptors (Lipinski definition) is 1. The van der Waals surface area contributed by atoms with Gasteiger partial charge in [-0.1, -0.05) is 26.7 Å². The van der Waals surface area contributed by atoms with Crippen LogP contribution in [0, 0.1) is 0 Å². The summed E-state index contributed by atoms with van der Waals surface area (Å²) >= 11 is 1.96. The standard InChI is InChI=1S/C7H16S/c1-4-5-6-7(2)8-3/h7H,4-6H2,1-3H3. The minimum atomic E-state index is 0.870. The number of thioether (sulfide) groups is 1. The van der Waals surface area contributed by atoms with E-state index in [9.17, 15) is 0 Å². The fourth-order valence-corrected chi connectivity index (χ4v) is 1.01. The molecule has 8 heavy (non-hydrogen) atoms. The van der Waals surface area contributed by atoms with Crippen LogP contribution in [0.3, 0.4) is 0 Å². The molecule has 0 heterocycles. The van der Waals surface area contributed by atoms with Crippen molar-refractivity contribution in [2.75, 3.05) is 6.26 Å². The van der Waals surface area contributed by atoms with Crippen LogP contribution in [-0.4, -0.2) is 11.5 Å². The first-order valence-electron chi connectivity index (χ1n) is 3.34. The molecule has 0 saturated carbocycles. The Morgan fingerprint density at radius 1 is 1.50 bits per heavy atom. The summed E-state index contributed by atoms with van der Waals surface area (Å²) in [4.78, 5) is 0. The van der Waals surface area contributed by atoms with Crippen molar-refractivity contribution < 1.29 is 0 Å². The molecule has 0 amide bonds. The van der Waals surface area contributed by atoms with Crippen molar-refractivity contribution in [2.24, 2.45) is 0 Å². The van der Waals surface area contributed by atoms with Gasteiger partial charge in [0.2, 0.25) is 0 Å². The van der Waals surface area contributed by atoms with E-state index in [1.54, 1.807) is 0 Å². The number of rotatable bonds is 4. The summed E-state index contributed by atoms with van der Waals surface area (Å²) in [5, 5.41) is 0.870. The molecule has 50 valence electrons. The summed E-state index contributed by atoms with van der Waals surface area (Å²) in [6, 6.07) is 0. The average molecular weight is 132 g/mol. The molecule has 0 fully saturated rings. The summed E-state index contributed by atoms with van der Waals surface area (Å²) in [6.07, 6.45) is 6.30. The van der Waals surface area contributed by atoms with Crippen LogP contribution in [0.4, 0.5) is 0 Å². The molecular formula is C7H16S. The molecule has 0 aromatic carbocycles. The lowest BCUT2D eigenvalue weighted by Crippen LogP contribution is -1.92. The van der Waals surface area contributed by atoms with Gasteiger partial charge in [0.25, 0.3) is 0 Å². The summed E-state index contributed by atoms with van der Waals surface area (Å²) < 4.78 is 0. The van der Waals surface area contributed by atoms with Crippen LogP contribution in [0.5, 0.6) is 0 Å². The van der Waals surface area contributed by atoms with E-state index >= 15 is 0 Å². The van der Waals surface area contributed by atoms with Gasteiger partial charge in [-0.05, 0) is 12.7 Å². The molecule has 1 unspecified atom stereocenters. The van der Waals surface area contributed by atoms with E-state index in [1.807, 2.05) is 11.8 Å². The Kier molecular flexibility index (Phi) is 5.73. The molecule has 0 radical (unpaired) electrons. The van der Waals surface area contributed by atoms with Crippen LogP contribution < -0.4 is 0 Å². The van der Waals surface area contributed by atoms with Gasteiger partial charge in [0.15, 0.2) is 0 Å². The van der Waals surface area contributed by atoms with Crippen LogP contribution in [0.25, 0.3) is 0 Å². The second-order valence-corrected chi connectivity index (χ2v) is 3.46. The molecular weight excluding hydrogens is 116 g/mol. The van der Waals surface area contributed by atoms with Gasteiger partial charge in [-0.2, -0.15) is 11.8 Å². The monoisotopic (exact) mass is 132 g/mol. The largest absolute Gasteiger partial charge is 0.162 e. The lowest BCUT2D eigenvalue weighted by molar-refractivity contribution is 0.714. The highest BCUT2D eigenvalue weighted by Crippen LogP contribution is 2.12. The minimum Gasteiger partial charge on any atom is -0.162 e. The highest BCUT2D eigenvalue weighted by atomic mass is 32.2. The molecule has 1 atom stereocenters. The molecule has 0 bridgehead atoms. The van der Waals surface area contributed by atoms with Gasteiger partial charge in [0, 0.05) is 5.25 Å². The molecule has 0 aliphatic rings. The van der Waals surface area contributed by atoms with Crippen molar-refractivity contribution in [2.45, 2.75) is 38.4 Å². The minimum absolute atomic E-state index is 0.870. The molecule has 0 N–H and O–H groups in total. The Bertz CT molecular complexity index is 43.7. The van der Waals surface area contributed by atoms with Crippen molar-refractivity contribution in [3.05, 3.63) is 0 Å². The lowest BCUT2D eigenvalue weighted by atomic mass is 10.2. The first-order valence-corrected chi connectivity index (χ1v) is 4.62. The van der Waals surface area contributed by atoms with E-state index in [-0.39, 0.29) is 0 Å². The second-order valence-electron chi connectivity index (χ2n) is 2.19. The zero-order valence-electron chi connectivity index (χ0n) is 6.11. The maximum Gasteiger partial charge on any atom is 0.00159 e. The van der Waals surface area contributed by atoms with E-state index < -0.39 is 0 Å². The first kappa shape index (κ1) is 8.35. The van der Waals surface area contributed by atoms with Crippen LogP contribution in [0.2, 0.25) is 0 Å². The molecule has 0 aromatic rings. The first-order chi connectivity index (χ1) is 3.81. The Morgan fingerprint density at radius 2 is 2.12 bits per heavy atom. The van der Waals surface area contributed by atoms with Crippen LogP contribution in [0.15, 0.2) is 0 Å². The quantitative estimate of drug-likeness (QED) is 0.566. The molecule has 0 saturated heterocycles. The molecule has 0 aliphatic carbocycles. The lowest BCUT2D eigenvalue weighted by Gasteiger charge is -2.04. The van der Waals surface area contributed by atoms with E-state index in [4.69, 9.17) is 0 Å². The summed E-state index contributed by atoms with van der Waals surface area (Å²) in [6.45, 7) is 4.54. The highest BCUT2D eigenvalue weighted by molar-refractivity contribution is 7.99. The van der Waals surface area contributed by atoms with Crippen molar-refractivity contribution in [1.29, 1.82) is 0 Å². The third-order valence-electron chi connectivity index (χ3n) is 1.37. The van der Waals surface area contributed by atoms with Gasteiger partial charge in [-0.15, -0.1) is 0 Å². The third kappa shape index (κ3) is 4.51. The van der Waals surface area contributed by atoms with Crippen molar-refractivity contribution in [1.82, 2.24) is 0 Å². The van der Waals surface area contributed by atoms with Crippen LogP contribution >= 0.6 is 11.8 Å². The number of unbranched alkanes of at least 4 members (excludes halogenated alkanes) is 1. The SMILES string of the molecule is CCCCC(C)SC. The Labute approximate surface area is 57.1 Å². The Balaban J connectivity index is 2.86. The zero-order valence-corrected chi connectivity index (χ0v) is 6.92. The van der Waals surface area contributed by atoms with E-state index in [1.165, 1.54) is 19.3 Å². The topological polar surface area (TPSA) is 0 Å². The predicted octanol–water partition coefficient (Wildman–Crippen LogP) is 2.93. The molecule has 0 spiro atoms. The van der Waals surface area contributed by atoms with Gasteiger partial charge < -0.3 is 0 Å². The fraction of sp³-hybridized carbons (Fsp3) is 1.00. The smallest absolute Gasteiger partial charge is 0.00159 e. The van der Waals surface area contributed by atoms with Gasteiger partial charge in [-0.25, -0.2) is 0 Å². The third-order valence-corrected chi connectivity index (χ3v) is 2.41. The second kappa shape index (κ2) is 5.49. The maximum absolute atomic E-state index is 2.29. The predicted molar refractivity (Wildman–Crippen MR) is 42.5 cm³/mol. The van der Waals surface area contributed by atoms with Gasteiger partial charge >= 0.3 is 0 Å². The van der Waals surface area contributed by atoms with Crippen molar-refractivity contribution in [3.63, 3.8) is 0 Å². The summed E-state index contributed by atoms with van der Waals surface area (Å²) in [7, 11) is 0. The summed E-state index contributed by atoms with van der Waals surface area (Å²) in [5.41, 5.74) is 0. The van der Waals surface area contributed by atoms with Gasteiger partial charge in [0.1, 0.15) is 0 Å². The molecule has 0 rings (SSSR count). The van der Waals surface area contributed by atoms with Crippen molar-refractivity contribution >= 4 is 11.8 Å². The Morgan fingerprint density at radius 3 is 2.50 bits per heavy atom. The molecule has 0 aromatic heterocycles. The Hall–Kier alpha value is 0.350. The van der Waals surface area contributed by atoms with Gasteiger partial charge in [0.05, 0.1) is 0 Å². The van der Waals surface area contributed by atoms with E-state index in [0.29, 0.717) is 0 Å². The van der Waals surface area contributed by atoms with Gasteiger partial charge in [-0.3, -0.25) is 0 Å². The molecule has 1 heteroatoms. The highest BCUT2D eigenvalue weighted by Gasteiger charge is 1.95. The van der Waals surface area contributed by atoms with Crippen LogP contribution in [-0.2, 0) is 0 Å². The maximum atomic E-state index is 2.29. The van der Waals surface area contributed by atoms with E-state index in [2.05, 4.69) is 20.1 Å². The average Bonchev–Trinajstić information content (AvgIpc) is 1.83. The normalized spacial score (nSPS) is 13.9. The zero-order chi connectivity index (χ0) is 6.41. The molecule has 0 aliphatic heterocycles. The van der Waals surface area contributed by atoms with E-state index in [0.717, 1.165) is 5.25 Å². The summed E-state index contributed by atoms with van der Waals surface area (Å²) in [5.74, 6) is 0.